The molecule has 0 aromatic carbocycles. The van der Waals surface area contributed by atoms with Crippen molar-refractivity contribution in [2.45, 2.75) is 31.7 Å². The zero-order chi connectivity index (χ0) is 14.0. The second-order valence-electron chi connectivity index (χ2n) is 3.46. The molecule has 0 atom stereocenters. The van der Waals surface area contributed by atoms with Crippen molar-refractivity contribution < 1.29 is 30.8 Å². The minimum absolute atomic E-state index is 0.217. The summed E-state index contributed by atoms with van der Waals surface area (Å²) in [5.74, 6) is -4.86. The van der Waals surface area contributed by atoms with Crippen LogP contribution in [0.15, 0.2) is 10.8 Å². The first-order chi connectivity index (χ1) is 8.18. The van der Waals surface area contributed by atoms with Gasteiger partial charge in [0, 0.05) is 6.54 Å². The van der Waals surface area contributed by atoms with Gasteiger partial charge in [0.1, 0.15) is 5.76 Å². The molecule has 0 spiro atoms. The topological polar surface area (TPSA) is 38.1 Å². The van der Waals surface area contributed by atoms with Crippen molar-refractivity contribution in [3.8, 4) is 0 Å². The van der Waals surface area contributed by atoms with Crippen molar-refractivity contribution in [2.24, 2.45) is 0 Å². The lowest BCUT2D eigenvalue weighted by atomic mass is 10.0. The van der Waals surface area contributed by atoms with Gasteiger partial charge in [-0.15, -0.1) is 0 Å². The zero-order valence-electron chi connectivity index (χ0n) is 9.19. The molecule has 3 nitrogen and oxygen atoms in total. The summed E-state index contributed by atoms with van der Waals surface area (Å²) >= 11 is 0. The first kappa shape index (κ1) is 14.8. The molecule has 0 saturated heterocycles. The van der Waals surface area contributed by atoms with E-state index < -0.39 is 29.7 Å². The summed E-state index contributed by atoms with van der Waals surface area (Å²) in [5, 5.41) is 2.59. The fourth-order valence-electron chi connectivity index (χ4n) is 1.37. The van der Waals surface area contributed by atoms with Gasteiger partial charge in [-0.05, 0) is 6.54 Å². The van der Waals surface area contributed by atoms with Crippen LogP contribution in [0, 0.1) is 0 Å². The largest absolute Gasteiger partial charge is 0.447 e. The van der Waals surface area contributed by atoms with Crippen LogP contribution < -0.4 is 5.32 Å². The van der Waals surface area contributed by atoms with E-state index >= 15 is 0 Å². The number of oxazole rings is 1. The molecule has 0 saturated carbocycles. The SMILES string of the molecule is CCNCc1ncoc1C(C(F)(F)F)C(F)(F)F. The van der Waals surface area contributed by atoms with Crippen LogP contribution >= 0.6 is 0 Å². The van der Waals surface area contributed by atoms with Crippen molar-refractivity contribution in [1.29, 1.82) is 0 Å². The lowest BCUT2D eigenvalue weighted by molar-refractivity contribution is -0.257. The molecule has 0 radical (unpaired) electrons. The fraction of sp³-hybridized carbons (Fsp3) is 0.667. The Balaban J connectivity index is 3.11. The molecule has 0 fully saturated rings. The van der Waals surface area contributed by atoms with Crippen molar-refractivity contribution in [3.63, 3.8) is 0 Å². The number of alkyl halides is 6. The molecule has 104 valence electrons. The molecule has 1 rings (SSSR count). The summed E-state index contributed by atoms with van der Waals surface area (Å²) in [6.45, 7) is 1.82. The molecule has 18 heavy (non-hydrogen) atoms. The Morgan fingerprint density at radius 2 is 1.78 bits per heavy atom. The van der Waals surface area contributed by atoms with Crippen LogP contribution in [0.5, 0.6) is 0 Å². The summed E-state index contributed by atoms with van der Waals surface area (Å²) in [5.41, 5.74) is -0.392. The monoisotopic (exact) mass is 276 g/mol. The molecule has 1 aromatic heterocycles. The van der Waals surface area contributed by atoms with Gasteiger partial charge in [-0.25, -0.2) is 4.98 Å². The third-order valence-corrected chi connectivity index (χ3v) is 2.13. The maximum Gasteiger partial charge on any atom is 0.407 e. The second-order valence-corrected chi connectivity index (χ2v) is 3.46. The predicted octanol–water partition coefficient (Wildman–Crippen LogP) is 2.99. The van der Waals surface area contributed by atoms with Crippen molar-refractivity contribution in [2.75, 3.05) is 6.54 Å². The normalized spacial score (nSPS) is 13.3. The maximum absolute atomic E-state index is 12.5. The summed E-state index contributed by atoms with van der Waals surface area (Å²) in [6, 6.07) is 0. The molecule has 0 aliphatic rings. The van der Waals surface area contributed by atoms with Crippen LogP contribution in [0.4, 0.5) is 26.3 Å². The predicted molar refractivity (Wildman–Crippen MR) is 48.7 cm³/mol. The van der Waals surface area contributed by atoms with Crippen LogP contribution in [0.2, 0.25) is 0 Å². The van der Waals surface area contributed by atoms with Crippen LogP contribution in [-0.2, 0) is 6.54 Å². The van der Waals surface area contributed by atoms with E-state index in [1.807, 2.05) is 0 Å². The molecule has 1 aromatic rings. The number of aromatic nitrogens is 1. The van der Waals surface area contributed by atoms with Crippen LogP contribution in [0.3, 0.4) is 0 Å². The Bertz CT molecular complexity index is 369. The van der Waals surface area contributed by atoms with E-state index in [0.717, 1.165) is 0 Å². The molecule has 0 amide bonds. The second kappa shape index (κ2) is 5.17. The molecule has 0 aliphatic heterocycles. The van der Waals surface area contributed by atoms with Crippen LogP contribution in [0.1, 0.15) is 24.3 Å². The van der Waals surface area contributed by atoms with E-state index in [-0.39, 0.29) is 6.54 Å². The minimum atomic E-state index is -5.47. The highest BCUT2D eigenvalue weighted by Gasteiger charge is 2.60. The Morgan fingerprint density at radius 1 is 1.22 bits per heavy atom. The first-order valence-corrected chi connectivity index (χ1v) is 4.94. The number of rotatable bonds is 4. The quantitative estimate of drug-likeness (QED) is 0.859. The summed E-state index contributed by atoms with van der Waals surface area (Å²) in [7, 11) is 0. The number of hydrogen-bond donors (Lipinski definition) is 1. The van der Waals surface area contributed by atoms with Gasteiger partial charge in [0.15, 0.2) is 6.39 Å². The molecular weight excluding hydrogens is 266 g/mol. The maximum atomic E-state index is 12.5. The van der Waals surface area contributed by atoms with Crippen molar-refractivity contribution in [1.82, 2.24) is 10.3 Å². The smallest absolute Gasteiger partial charge is 0.407 e. The molecular formula is C9H10F6N2O. The fourth-order valence-corrected chi connectivity index (χ4v) is 1.37. The van der Waals surface area contributed by atoms with E-state index in [0.29, 0.717) is 12.9 Å². The van der Waals surface area contributed by atoms with E-state index in [4.69, 9.17) is 0 Å². The highest BCUT2D eigenvalue weighted by molar-refractivity contribution is 5.17. The highest BCUT2D eigenvalue weighted by Crippen LogP contribution is 2.47. The van der Waals surface area contributed by atoms with Gasteiger partial charge in [0.2, 0.25) is 5.92 Å². The first-order valence-electron chi connectivity index (χ1n) is 4.94. The number of nitrogens with zero attached hydrogens (tertiary/aromatic N) is 1. The summed E-state index contributed by atoms with van der Waals surface area (Å²) in [4.78, 5) is 3.37. The number of halogens is 6. The average Bonchev–Trinajstić information content (AvgIpc) is 2.58. The number of nitrogens with one attached hydrogen (secondary N) is 1. The molecule has 1 N–H and O–H groups in total. The lowest BCUT2D eigenvalue weighted by Crippen LogP contribution is -2.35. The highest BCUT2D eigenvalue weighted by atomic mass is 19.4. The van der Waals surface area contributed by atoms with Gasteiger partial charge >= 0.3 is 12.4 Å². The Hall–Kier alpha value is -1.25. The molecule has 1 heterocycles. The van der Waals surface area contributed by atoms with Gasteiger partial charge in [-0.1, -0.05) is 6.92 Å². The Kier molecular flexibility index (Phi) is 4.25. The van der Waals surface area contributed by atoms with Gasteiger partial charge in [0.25, 0.3) is 0 Å². The Labute approximate surface area is 98.2 Å². The minimum Gasteiger partial charge on any atom is -0.447 e. The number of hydrogen-bond acceptors (Lipinski definition) is 3. The molecule has 9 heteroatoms. The molecule has 0 unspecified atom stereocenters. The third kappa shape index (κ3) is 3.37. The van der Waals surface area contributed by atoms with Crippen LogP contribution in [-0.4, -0.2) is 23.9 Å². The molecule has 0 aliphatic carbocycles. The van der Waals surface area contributed by atoms with Gasteiger partial charge in [-0.3, -0.25) is 0 Å². The zero-order valence-corrected chi connectivity index (χ0v) is 9.19. The van der Waals surface area contributed by atoms with Crippen LogP contribution in [0.25, 0.3) is 0 Å². The summed E-state index contributed by atoms with van der Waals surface area (Å²) in [6.07, 6.45) is -10.4. The Morgan fingerprint density at radius 3 is 2.22 bits per heavy atom. The van der Waals surface area contributed by atoms with Gasteiger partial charge in [0.05, 0.1) is 5.69 Å². The van der Waals surface area contributed by atoms with Crippen molar-refractivity contribution >= 4 is 0 Å². The standard InChI is InChI=1S/C9H10F6N2O/c1-2-16-3-5-6(18-4-17-5)7(8(10,11)12)9(13,14)15/h4,7,16H,2-3H2,1H3. The van der Waals surface area contributed by atoms with E-state index in [9.17, 15) is 26.3 Å². The van der Waals surface area contributed by atoms with Gasteiger partial charge in [-0.2, -0.15) is 26.3 Å². The summed E-state index contributed by atoms with van der Waals surface area (Å²) < 4.78 is 79.0. The van der Waals surface area contributed by atoms with E-state index in [1.165, 1.54) is 0 Å². The average molecular weight is 276 g/mol. The van der Waals surface area contributed by atoms with E-state index in [2.05, 4.69) is 14.7 Å². The van der Waals surface area contributed by atoms with E-state index in [1.54, 1.807) is 6.92 Å². The van der Waals surface area contributed by atoms with Crippen molar-refractivity contribution in [3.05, 3.63) is 17.8 Å². The van der Waals surface area contributed by atoms with Gasteiger partial charge < -0.3 is 9.73 Å². The molecule has 0 bridgehead atoms. The third-order valence-electron chi connectivity index (χ3n) is 2.13. The lowest BCUT2D eigenvalue weighted by Gasteiger charge is -2.21.